The molecule has 1 N–H and O–H groups in total. The van der Waals surface area contributed by atoms with Gasteiger partial charge >= 0.3 is 0 Å². The third-order valence-corrected chi connectivity index (χ3v) is 4.22. The van der Waals surface area contributed by atoms with E-state index in [-0.39, 0.29) is 11.9 Å². The van der Waals surface area contributed by atoms with Crippen LogP contribution in [0.3, 0.4) is 0 Å². The minimum Gasteiger partial charge on any atom is -0.493 e. The van der Waals surface area contributed by atoms with E-state index >= 15 is 0 Å². The maximum Gasteiger partial charge on any atom is 0.223 e. The van der Waals surface area contributed by atoms with Gasteiger partial charge in [0.25, 0.3) is 0 Å². The molecular formula is C20H23NO3. The van der Waals surface area contributed by atoms with E-state index in [4.69, 9.17) is 9.47 Å². The van der Waals surface area contributed by atoms with Crippen molar-refractivity contribution in [2.45, 2.75) is 32.2 Å². The summed E-state index contributed by atoms with van der Waals surface area (Å²) in [7, 11) is 0. The van der Waals surface area contributed by atoms with Crippen molar-refractivity contribution < 1.29 is 14.3 Å². The minimum absolute atomic E-state index is 0.00174. The van der Waals surface area contributed by atoms with E-state index in [1.165, 1.54) is 5.56 Å². The van der Waals surface area contributed by atoms with Gasteiger partial charge in [-0.2, -0.15) is 0 Å². The van der Waals surface area contributed by atoms with Crippen LogP contribution in [0.1, 0.15) is 36.9 Å². The zero-order valence-corrected chi connectivity index (χ0v) is 14.0. The van der Waals surface area contributed by atoms with Gasteiger partial charge < -0.3 is 14.8 Å². The molecule has 1 heterocycles. The van der Waals surface area contributed by atoms with Crippen LogP contribution < -0.4 is 14.8 Å². The average Bonchev–Trinajstić information content (AvgIpc) is 2.63. The van der Waals surface area contributed by atoms with Gasteiger partial charge in [-0.15, -0.1) is 0 Å². The predicted octanol–water partition coefficient (Wildman–Crippen LogP) is 3.66. The molecule has 3 rings (SSSR count). The molecule has 0 aliphatic carbocycles. The fraction of sp³-hybridized carbons (Fsp3) is 0.350. The lowest BCUT2D eigenvalue weighted by molar-refractivity contribution is -0.122. The maximum atomic E-state index is 12.2. The summed E-state index contributed by atoms with van der Waals surface area (Å²) in [6.07, 6.45) is 2.15. The highest BCUT2D eigenvalue weighted by atomic mass is 16.5. The molecule has 0 aromatic heterocycles. The summed E-state index contributed by atoms with van der Waals surface area (Å²) in [5.41, 5.74) is 2.33. The first-order valence-corrected chi connectivity index (χ1v) is 8.49. The summed E-state index contributed by atoms with van der Waals surface area (Å²) >= 11 is 0. The van der Waals surface area contributed by atoms with E-state index in [2.05, 4.69) is 12.2 Å². The first-order valence-electron chi connectivity index (χ1n) is 8.49. The molecule has 126 valence electrons. The highest BCUT2D eigenvalue weighted by molar-refractivity contribution is 5.76. The number of ether oxygens (including phenoxy) is 2. The fourth-order valence-corrected chi connectivity index (χ4v) is 2.84. The third kappa shape index (κ3) is 4.07. The number of hydrogen-bond donors (Lipinski definition) is 1. The number of nitrogens with one attached hydrogen (secondary N) is 1. The molecule has 0 fully saturated rings. The van der Waals surface area contributed by atoms with Crippen molar-refractivity contribution in [2.24, 2.45) is 0 Å². The molecule has 1 atom stereocenters. The molecule has 2 aromatic carbocycles. The summed E-state index contributed by atoms with van der Waals surface area (Å²) in [5.74, 6) is 1.67. The summed E-state index contributed by atoms with van der Waals surface area (Å²) in [5, 5.41) is 3.08. The van der Waals surface area contributed by atoms with Crippen molar-refractivity contribution in [3.63, 3.8) is 0 Å². The van der Waals surface area contributed by atoms with Crippen molar-refractivity contribution in [3.05, 3.63) is 59.7 Å². The normalized spacial score (nSPS) is 16.0. The van der Waals surface area contributed by atoms with Crippen LogP contribution >= 0.6 is 0 Å². The SMILES string of the molecule is CCc1ccc(OCCC(=O)NC2CCOc3ccccc32)cc1. The minimum atomic E-state index is 0.00174. The van der Waals surface area contributed by atoms with Gasteiger partial charge in [0, 0.05) is 12.0 Å². The van der Waals surface area contributed by atoms with Crippen LogP contribution in [-0.2, 0) is 11.2 Å². The molecule has 0 spiro atoms. The lowest BCUT2D eigenvalue weighted by atomic mass is 10.0. The van der Waals surface area contributed by atoms with Gasteiger partial charge in [-0.05, 0) is 30.2 Å². The topological polar surface area (TPSA) is 47.6 Å². The Morgan fingerprint density at radius 1 is 1.21 bits per heavy atom. The second-order valence-electron chi connectivity index (χ2n) is 5.89. The number of aryl methyl sites for hydroxylation is 1. The maximum absolute atomic E-state index is 12.2. The summed E-state index contributed by atoms with van der Waals surface area (Å²) in [6.45, 7) is 3.12. The van der Waals surface area contributed by atoms with Gasteiger partial charge in [-0.3, -0.25) is 4.79 Å². The number of fused-ring (bicyclic) bond motifs is 1. The Hall–Kier alpha value is -2.49. The number of carbonyl (C=O) groups excluding carboxylic acids is 1. The summed E-state index contributed by atoms with van der Waals surface area (Å²) in [6, 6.07) is 15.9. The number of carbonyl (C=O) groups is 1. The van der Waals surface area contributed by atoms with E-state index in [0.29, 0.717) is 19.6 Å². The third-order valence-electron chi connectivity index (χ3n) is 4.22. The molecule has 1 aliphatic heterocycles. The standard InChI is InChI=1S/C20H23NO3/c1-2-15-7-9-16(10-8-15)23-14-12-20(22)21-18-11-13-24-19-6-4-3-5-17(18)19/h3-10,18H,2,11-14H2,1H3,(H,21,22). The number of benzene rings is 2. The Labute approximate surface area is 142 Å². The van der Waals surface area contributed by atoms with Crippen LogP contribution in [0.4, 0.5) is 0 Å². The van der Waals surface area contributed by atoms with Gasteiger partial charge in [-0.1, -0.05) is 37.3 Å². The molecule has 4 heteroatoms. The number of para-hydroxylation sites is 1. The highest BCUT2D eigenvalue weighted by Gasteiger charge is 2.22. The largest absolute Gasteiger partial charge is 0.493 e. The first kappa shape index (κ1) is 16.4. The van der Waals surface area contributed by atoms with E-state index in [1.807, 2.05) is 48.5 Å². The molecule has 24 heavy (non-hydrogen) atoms. The average molecular weight is 325 g/mol. The van der Waals surface area contributed by atoms with Crippen molar-refractivity contribution in [2.75, 3.05) is 13.2 Å². The van der Waals surface area contributed by atoms with Gasteiger partial charge in [0.05, 0.1) is 25.7 Å². The molecule has 0 saturated carbocycles. The molecule has 1 unspecified atom stereocenters. The van der Waals surface area contributed by atoms with Crippen molar-refractivity contribution >= 4 is 5.91 Å². The molecule has 1 aliphatic rings. The second kappa shape index (κ2) is 7.86. The van der Waals surface area contributed by atoms with Crippen LogP contribution in [0.5, 0.6) is 11.5 Å². The lowest BCUT2D eigenvalue weighted by Gasteiger charge is -2.26. The predicted molar refractivity (Wildman–Crippen MR) is 93.4 cm³/mol. The second-order valence-corrected chi connectivity index (χ2v) is 5.89. The Balaban J connectivity index is 1.48. The first-order chi connectivity index (χ1) is 11.8. The van der Waals surface area contributed by atoms with E-state index in [9.17, 15) is 4.79 Å². The van der Waals surface area contributed by atoms with Gasteiger partial charge in [-0.25, -0.2) is 0 Å². The molecule has 4 nitrogen and oxygen atoms in total. The summed E-state index contributed by atoms with van der Waals surface area (Å²) < 4.78 is 11.3. The number of hydrogen-bond acceptors (Lipinski definition) is 3. The van der Waals surface area contributed by atoms with Crippen LogP contribution in [0.15, 0.2) is 48.5 Å². The molecule has 0 saturated heterocycles. The lowest BCUT2D eigenvalue weighted by Crippen LogP contribution is -2.32. The van der Waals surface area contributed by atoms with Crippen LogP contribution in [-0.4, -0.2) is 19.1 Å². The van der Waals surface area contributed by atoms with Crippen LogP contribution in [0.2, 0.25) is 0 Å². The van der Waals surface area contributed by atoms with E-state index in [1.54, 1.807) is 0 Å². The Kier molecular flexibility index (Phi) is 5.36. The number of rotatable bonds is 6. The van der Waals surface area contributed by atoms with Gasteiger partial charge in [0.1, 0.15) is 11.5 Å². The van der Waals surface area contributed by atoms with Crippen LogP contribution in [0.25, 0.3) is 0 Å². The molecule has 1 amide bonds. The molecular weight excluding hydrogens is 302 g/mol. The Bertz CT molecular complexity index is 682. The molecule has 2 aromatic rings. The monoisotopic (exact) mass is 325 g/mol. The van der Waals surface area contributed by atoms with Crippen molar-refractivity contribution in [3.8, 4) is 11.5 Å². The van der Waals surface area contributed by atoms with E-state index in [0.717, 1.165) is 29.9 Å². The fourth-order valence-electron chi connectivity index (χ4n) is 2.84. The zero-order valence-electron chi connectivity index (χ0n) is 14.0. The molecule has 0 bridgehead atoms. The van der Waals surface area contributed by atoms with Crippen LogP contribution in [0, 0.1) is 0 Å². The Morgan fingerprint density at radius 2 is 2.00 bits per heavy atom. The summed E-state index contributed by atoms with van der Waals surface area (Å²) in [4.78, 5) is 12.2. The van der Waals surface area contributed by atoms with E-state index < -0.39 is 0 Å². The van der Waals surface area contributed by atoms with Gasteiger partial charge in [0.2, 0.25) is 5.91 Å². The van der Waals surface area contributed by atoms with Gasteiger partial charge in [0.15, 0.2) is 0 Å². The number of amides is 1. The zero-order chi connectivity index (χ0) is 16.8. The smallest absolute Gasteiger partial charge is 0.223 e. The quantitative estimate of drug-likeness (QED) is 0.882. The van der Waals surface area contributed by atoms with Crippen molar-refractivity contribution in [1.82, 2.24) is 5.32 Å². The Morgan fingerprint density at radius 3 is 2.79 bits per heavy atom. The van der Waals surface area contributed by atoms with Crippen molar-refractivity contribution in [1.29, 1.82) is 0 Å². The highest BCUT2D eigenvalue weighted by Crippen LogP contribution is 2.31. The molecule has 0 radical (unpaired) electrons.